The minimum absolute atomic E-state index is 0.471. The fraction of sp³-hybridized carbons (Fsp3) is 0.667. The summed E-state index contributed by atoms with van der Waals surface area (Å²) in [6, 6.07) is 12.2. The molecule has 2 aliphatic rings. The van der Waals surface area contributed by atoms with Crippen LogP contribution in [0.15, 0.2) is 30.3 Å². The minimum Gasteiger partial charge on any atom is -0.312 e. The highest BCUT2D eigenvalue weighted by atomic mass is 15.2. The van der Waals surface area contributed by atoms with E-state index in [4.69, 9.17) is 0 Å². The summed E-state index contributed by atoms with van der Waals surface area (Å²) < 4.78 is 0. The second-order valence-electron chi connectivity index (χ2n) is 6.50. The van der Waals surface area contributed by atoms with E-state index in [0.717, 1.165) is 12.0 Å². The van der Waals surface area contributed by atoms with E-state index in [1.54, 1.807) is 0 Å². The van der Waals surface area contributed by atoms with Crippen molar-refractivity contribution in [2.24, 2.45) is 5.92 Å². The van der Waals surface area contributed by atoms with Gasteiger partial charge < -0.3 is 5.32 Å². The lowest BCUT2D eigenvalue weighted by molar-refractivity contribution is 0.175. The van der Waals surface area contributed by atoms with Gasteiger partial charge in [0.15, 0.2) is 0 Å². The molecular weight excluding hydrogens is 244 g/mol. The molecule has 1 aromatic rings. The predicted molar refractivity (Wildman–Crippen MR) is 84.8 cm³/mol. The number of nitrogens with zero attached hydrogens (tertiary/aromatic N) is 1. The van der Waals surface area contributed by atoms with E-state index in [9.17, 15) is 0 Å². The van der Waals surface area contributed by atoms with E-state index in [0.29, 0.717) is 6.04 Å². The van der Waals surface area contributed by atoms with Crippen LogP contribution in [0.5, 0.6) is 0 Å². The molecule has 2 atom stereocenters. The smallest absolute Gasteiger partial charge is 0.0446 e. The SMILES string of the molecule is CNC(CN1CCCC1C1CCCC1)c1ccccc1. The Morgan fingerprint density at radius 2 is 1.85 bits per heavy atom. The first kappa shape index (κ1) is 14.1. The van der Waals surface area contributed by atoms with Gasteiger partial charge in [-0.3, -0.25) is 4.90 Å². The zero-order chi connectivity index (χ0) is 13.8. The average Bonchev–Trinajstić information content (AvgIpc) is 3.16. The third-order valence-corrected chi connectivity index (χ3v) is 5.33. The average molecular weight is 272 g/mol. The topological polar surface area (TPSA) is 15.3 Å². The second-order valence-corrected chi connectivity index (χ2v) is 6.50. The number of likely N-dealkylation sites (N-methyl/N-ethyl adjacent to an activating group) is 1. The molecule has 0 bridgehead atoms. The number of nitrogens with one attached hydrogen (secondary N) is 1. The molecule has 0 aromatic heterocycles. The van der Waals surface area contributed by atoms with Gasteiger partial charge in [0.2, 0.25) is 0 Å². The van der Waals surface area contributed by atoms with Crippen molar-refractivity contribution in [2.75, 3.05) is 20.1 Å². The lowest BCUT2D eigenvalue weighted by Crippen LogP contribution is -2.40. The Morgan fingerprint density at radius 3 is 2.55 bits per heavy atom. The Morgan fingerprint density at radius 1 is 1.10 bits per heavy atom. The Bertz CT molecular complexity index is 397. The van der Waals surface area contributed by atoms with Crippen molar-refractivity contribution in [2.45, 2.75) is 50.6 Å². The lowest BCUT2D eigenvalue weighted by atomic mass is 9.95. The van der Waals surface area contributed by atoms with Gasteiger partial charge in [-0.2, -0.15) is 0 Å². The normalized spacial score (nSPS) is 26.1. The summed E-state index contributed by atoms with van der Waals surface area (Å²) >= 11 is 0. The monoisotopic (exact) mass is 272 g/mol. The predicted octanol–water partition coefficient (Wildman–Crippen LogP) is 3.60. The number of likely N-dealkylation sites (tertiary alicyclic amines) is 1. The Hall–Kier alpha value is -0.860. The summed E-state index contributed by atoms with van der Waals surface area (Å²) in [4.78, 5) is 2.77. The number of hydrogen-bond acceptors (Lipinski definition) is 2. The van der Waals surface area contributed by atoms with Gasteiger partial charge in [0.05, 0.1) is 0 Å². The third kappa shape index (κ3) is 3.07. The third-order valence-electron chi connectivity index (χ3n) is 5.33. The van der Waals surface area contributed by atoms with Gasteiger partial charge in [0, 0.05) is 18.6 Å². The lowest BCUT2D eigenvalue weighted by Gasteiger charge is -2.32. The summed E-state index contributed by atoms with van der Waals surface area (Å²) in [5.41, 5.74) is 1.42. The number of benzene rings is 1. The molecular formula is C18H28N2. The molecule has 1 saturated heterocycles. The summed E-state index contributed by atoms with van der Waals surface area (Å²) in [5.74, 6) is 0.978. The van der Waals surface area contributed by atoms with Gasteiger partial charge in [-0.05, 0) is 50.8 Å². The summed E-state index contributed by atoms with van der Waals surface area (Å²) in [6.45, 7) is 2.47. The van der Waals surface area contributed by atoms with Crippen LogP contribution in [0.25, 0.3) is 0 Å². The van der Waals surface area contributed by atoms with Crippen LogP contribution in [-0.2, 0) is 0 Å². The molecule has 0 spiro atoms. The molecule has 3 rings (SSSR count). The van der Waals surface area contributed by atoms with E-state index in [-0.39, 0.29) is 0 Å². The van der Waals surface area contributed by atoms with Crippen molar-refractivity contribution in [3.63, 3.8) is 0 Å². The van der Waals surface area contributed by atoms with Crippen LogP contribution in [0.1, 0.15) is 50.1 Å². The van der Waals surface area contributed by atoms with Crippen molar-refractivity contribution in [1.29, 1.82) is 0 Å². The highest BCUT2D eigenvalue weighted by Crippen LogP contribution is 2.36. The van der Waals surface area contributed by atoms with Gasteiger partial charge in [-0.25, -0.2) is 0 Å². The summed E-state index contributed by atoms with van der Waals surface area (Å²) in [5, 5.41) is 3.51. The standard InChI is InChI=1S/C18H28N2/c1-19-17(15-8-3-2-4-9-15)14-20-13-7-12-18(20)16-10-5-6-11-16/h2-4,8-9,16-19H,5-7,10-14H2,1H3. The molecule has 20 heavy (non-hydrogen) atoms. The summed E-state index contributed by atoms with van der Waals surface area (Å²) in [6.07, 6.45) is 8.68. The van der Waals surface area contributed by atoms with Crippen molar-refractivity contribution >= 4 is 0 Å². The maximum atomic E-state index is 3.51. The molecule has 1 saturated carbocycles. The van der Waals surface area contributed by atoms with Gasteiger partial charge in [-0.15, -0.1) is 0 Å². The van der Waals surface area contributed by atoms with Gasteiger partial charge in [0.1, 0.15) is 0 Å². The van der Waals surface area contributed by atoms with Crippen LogP contribution in [0, 0.1) is 5.92 Å². The molecule has 1 aliphatic carbocycles. The van der Waals surface area contributed by atoms with Crippen molar-refractivity contribution in [3.8, 4) is 0 Å². The molecule has 1 N–H and O–H groups in total. The molecule has 2 unspecified atom stereocenters. The highest BCUT2D eigenvalue weighted by Gasteiger charge is 2.34. The first-order valence-electron chi connectivity index (χ1n) is 8.35. The van der Waals surface area contributed by atoms with E-state index in [1.807, 2.05) is 0 Å². The molecule has 2 fully saturated rings. The van der Waals surface area contributed by atoms with Crippen molar-refractivity contribution in [3.05, 3.63) is 35.9 Å². The van der Waals surface area contributed by atoms with Crippen LogP contribution in [0.4, 0.5) is 0 Å². The van der Waals surface area contributed by atoms with E-state index >= 15 is 0 Å². The van der Waals surface area contributed by atoms with Crippen LogP contribution in [-0.4, -0.2) is 31.1 Å². The zero-order valence-corrected chi connectivity index (χ0v) is 12.7. The number of rotatable bonds is 5. The number of hydrogen-bond donors (Lipinski definition) is 1. The van der Waals surface area contributed by atoms with Crippen LogP contribution < -0.4 is 5.32 Å². The van der Waals surface area contributed by atoms with Crippen molar-refractivity contribution < 1.29 is 0 Å². The second kappa shape index (κ2) is 6.73. The molecule has 2 heteroatoms. The fourth-order valence-electron chi connectivity index (χ4n) is 4.24. The maximum absolute atomic E-state index is 3.51. The molecule has 1 aromatic carbocycles. The highest BCUT2D eigenvalue weighted by molar-refractivity contribution is 5.19. The Labute approximate surface area is 123 Å². The molecule has 2 nitrogen and oxygen atoms in total. The van der Waals surface area contributed by atoms with Crippen LogP contribution >= 0.6 is 0 Å². The summed E-state index contributed by atoms with van der Waals surface area (Å²) in [7, 11) is 2.10. The van der Waals surface area contributed by atoms with Crippen LogP contribution in [0.2, 0.25) is 0 Å². The van der Waals surface area contributed by atoms with Gasteiger partial charge >= 0.3 is 0 Å². The van der Waals surface area contributed by atoms with E-state index < -0.39 is 0 Å². The Kier molecular flexibility index (Phi) is 4.74. The minimum atomic E-state index is 0.471. The Balaban J connectivity index is 1.65. The molecule has 1 heterocycles. The van der Waals surface area contributed by atoms with Crippen LogP contribution in [0.3, 0.4) is 0 Å². The van der Waals surface area contributed by atoms with Gasteiger partial charge in [-0.1, -0.05) is 43.2 Å². The van der Waals surface area contributed by atoms with E-state index in [2.05, 4.69) is 47.6 Å². The van der Waals surface area contributed by atoms with E-state index in [1.165, 1.54) is 57.2 Å². The molecule has 0 amide bonds. The zero-order valence-electron chi connectivity index (χ0n) is 12.7. The molecule has 0 radical (unpaired) electrons. The quantitative estimate of drug-likeness (QED) is 0.881. The fourth-order valence-corrected chi connectivity index (χ4v) is 4.24. The largest absolute Gasteiger partial charge is 0.312 e. The first-order chi connectivity index (χ1) is 9.88. The first-order valence-corrected chi connectivity index (χ1v) is 8.35. The molecule has 1 aliphatic heterocycles. The molecule has 110 valence electrons. The van der Waals surface area contributed by atoms with Crippen molar-refractivity contribution in [1.82, 2.24) is 10.2 Å². The maximum Gasteiger partial charge on any atom is 0.0446 e. The van der Waals surface area contributed by atoms with Gasteiger partial charge in [0.25, 0.3) is 0 Å².